The molecule has 0 saturated carbocycles. The second-order valence-corrected chi connectivity index (χ2v) is 7.44. The van der Waals surface area contributed by atoms with Crippen molar-refractivity contribution in [2.75, 3.05) is 24.3 Å². The number of hydrogen-bond donors (Lipinski definition) is 7. The van der Waals surface area contributed by atoms with Gasteiger partial charge in [0, 0.05) is 24.1 Å². The summed E-state index contributed by atoms with van der Waals surface area (Å²) < 4.78 is 0. The van der Waals surface area contributed by atoms with E-state index in [9.17, 15) is 19.2 Å². The number of nitrogens with one attached hydrogen (secondary N) is 4. The number of amides is 3. The number of aromatic amines is 1. The fourth-order valence-electron chi connectivity index (χ4n) is 2.23. The molecule has 0 bridgehead atoms. The molecule has 0 saturated heterocycles. The monoisotopic (exact) mass is 446 g/mol. The van der Waals surface area contributed by atoms with Crippen LogP contribution in [0.4, 0.5) is 0 Å². The summed E-state index contributed by atoms with van der Waals surface area (Å²) >= 11 is 5.63. The average molecular weight is 447 g/mol. The van der Waals surface area contributed by atoms with Gasteiger partial charge in [0.15, 0.2) is 0 Å². The number of carboxylic acids is 1. The van der Waals surface area contributed by atoms with Crippen LogP contribution in [0.25, 0.3) is 0 Å². The smallest absolute Gasteiger partial charge is 0.322 e. The summed E-state index contributed by atoms with van der Waals surface area (Å²) in [5, 5.41) is 16.0. The zero-order valence-electron chi connectivity index (χ0n) is 15.9. The predicted octanol–water partition coefficient (Wildman–Crippen LogP) is -1.87. The van der Waals surface area contributed by atoms with Crippen LogP contribution < -0.4 is 21.7 Å². The first kappa shape index (κ1) is 24.8. The van der Waals surface area contributed by atoms with Gasteiger partial charge in [-0.1, -0.05) is 0 Å². The summed E-state index contributed by atoms with van der Waals surface area (Å²) in [6, 6.07) is -2.85. The maximum absolute atomic E-state index is 12.6. The number of rotatable bonds is 13. The molecule has 3 atom stereocenters. The van der Waals surface area contributed by atoms with Gasteiger partial charge in [-0.25, -0.2) is 4.98 Å². The van der Waals surface area contributed by atoms with Crippen molar-refractivity contribution in [3.05, 3.63) is 18.2 Å². The molecule has 1 aromatic rings. The minimum atomic E-state index is -1.22. The van der Waals surface area contributed by atoms with Crippen LogP contribution in [0.3, 0.4) is 0 Å². The highest BCUT2D eigenvalue weighted by Crippen LogP contribution is 2.02. The Morgan fingerprint density at radius 3 is 2.48 bits per heavy atom. The number of hydrogen-bond acceptors (Lipinski definition) is 8. The predicted molar refractivity (Wildman–Crippen MR) is 112 cm³/mol. The molecule has 3 amide bonds. The van der Waals surface area contributed by atoms with Gasteiger partial charge in [-0.3, -0.25) is 19.2 Å². The number of nitrogens with zero attached hydrogens (tertiary/aromatic N) is 1. The van der Waals surface area contributed by atoms with Gasteiger partial charge >= 0.3 is 5.97 Å². The van der Waals surface area contributed by atoms with Gasteiger partial charge in [-0.15, -0.1) is 0 Å². The number of aliphatic carboxylic acids is 1. The Balaban J connectivity index is 2.77. The van der Waals surface area contributed by atoms with E-state index in [1.807, 2.05) is 6.26 Å². The highest BCUT2D eigenvalue weighted by Gasteiger charge is 2.28. The van der Waals surface area contributed by atoms with E-state index in [0.29, 0.717) is 17.9 Å². The van der Waals surface area contributed by atoms with Gasteiger partial charge in [0.1, 0.15) is 18.6 Å². The summed E-state index contributed by atoms with van der Waals surface area (Å²) in [7, 11) is 0. The van der Waals surface area contributed by atoms with E-state index in [1.54, 1.807) is 11.8 Å². The third kappa shape index (κ3) is 9.19. The molecule has 29 heavy (non-hydrogen) atoms. The zero-order valence-corrected chi connectivity index (χ0v) is 17.6. The van der Waals surface area contributed by atoms with Crippen LogP contribution in [-0.4, -0.2) is 81.2 Å². The zero-order chi connectivity index (χ0) is 21.8. The van der Waals surface area contributed by atoms with E-state index < -0.39 is 48.4 Å². The lowest BCUT2D eigenvalue weighted by molar-refractivity contribution is -0.138. The van der Waals surface area contributed by atoms with Crippen LogP contribution in [0.5, 0.6) is 0 Å². The van der Waals surface area contributed by atoms with E-state index in [-0.39, 0.29) is 12.2 Å². The Bertz CT molecular complexity index is 687. The van der Waals surface area contributed by atoms with Crippen molar-refractivity contribution in [3.63, 3.8) is 0 Å². The molecule has 1 heterocycles. The SMILES string of the molecule is CSCCC(N)C(=O)NC(CS)C(=O)NC(Cc1cnc[nH]1)C(=O)NCC(=O)O. The molecule has 0 aromatic carbocycles. The summed E-state index contributed by atoms with van der Waals surface area (Å²) in [4.78, 5) is 54.4. The molecule has 0 aliphatic rings. The van der Waals surface area contributed by atoms with Gasteiger partial charge in [-0.05, 0) is 18.4 Å². The first-order valence-corrected chi connectivity index (χ1v) is 10.7. The van der Waals surface area contributed by atoms with Gasteiger partial charge in [0.2, 0.25) is 17.7 Å². The van der Waals surface area contributed by atoms with Crippen molar-refractivity contribution in [2.24, 2.45) is 5.73 Å². The molecule has 0 radical (unpaired) electrons. The molecule has 0 aliphatic heterocycles. The molecule has 1 rings (SSSR count). The van der Waals surface area contributed by atoms with Gasteiger partial charge in [0.05, 0.1) is 12.4 Å². The average Bonchev–Trinajstić information content (AvgIpc) is 3.20. The lowest BCUT2D eigenvalue weighted by Gasteiger charge is -2.23. The largest absolute Gasteiger partial charge is 0.480 e. The van der Waals surface area contributed by atoms with Gasteiger partial charge in [0.25, 0.3) is 0 Å². The molecule has 0 fully saturated rings. The summed E-state index contributed by atoms with van der Waals surface area (Å²) in [6.45, 7) is -0.592. The molecular weight excluding hydrogens is 420 g/mol. The van der Waals surface area contributed by atoms with Crippen molar-refractivity contribution in [1.29, 1.82) is 0 Å². The Morgan fingerprint density at radius 1 is 1.24 bits per heavy atom. The minimum absolute atomic E-state index is 0.0135. The fraction of sp³-hybridized carbons (Fsp3) is 0.562. The Kier molecular flexibility index (Phi) is 11.2. The van der Waals surface area contributed by atoms with Crippen LogP contribution in [0.2, 0.25) is 0 Å². The molecule has 1 aromatic heterocycles. The van der Waals surface area contributed by atoms with Crippen molar-refractivity contribution < 1.29 is 24.3 Å². The third-order valence-corrected chi connectivity index (χ3v) is 4.82. The number of imidazole rings is 1. The number of carbonyl (C=O) groups is 4. The summed E-state index contributed by atoms with van der Waals surface area (Å²) in [6.07, 6.45) is 5.29. The second kappa shape index (κ2) is 13.1. The normalized spacial score (nSPS) is 13.8. The molecule has 0 aliphatic carbocycles. The molecule has 3 unspecified atom stereocenters. The van der Waals surface area contributed by atoms with Gasteiger partial charge in [-0.2, -0.15) is 24.4 Å². The first-order chi connectivity index (χ1) is 13.8. The van der Waals surface area contributed by atoms with Gasteiger partial charge < -0.3 is 31.8 Å². The third-order valence-electron chi connectivity index (χ3n) is 3.81. The summed E-state index contributed by atoms with van der Waals surface area (Å²) in [5.74, 6) is -2.35. The number of H-pyrrole nitrogens is 1. The number of thioether (sulfide) groups is 1. The van der Waals surface area contributed by atoms with Crippen molar-refractivity contribution in [1.82, 2.24) is 25.9 Å². The Morgan fingerprint density at radius 2 is 1.93 bits per heavy atom. The summed E-state index contributed by atoms with van der Waals surface area (Å²) in [5.41, 5.74) is 6.36. The minimum Gasteiger partial charge on any atom is -0.480 e. The second-order valence-electron chi connectivity index (χ2n) is 6.09. The maximum atomic E-state index is 12.6. The lowest BCUT2D eigenvalue weighted by Crippen LogP contribution is -2.57. The quantitative estimate of drug-likeness (QED) is 0.172. The van der Waals surface area contributed by atoms with E-state index in [2.05, 4.69) is 38.5 Å². The van der Waals surface area contributed by atoms with Crippen molar-refractivity contribution in [2.45, 2.75) is 31.0 Å². The van der Waals surface area contributed by atoms with E-state index in [0.717, 1.165) is 0 Å². The molecule has 0 spiro atoms. The van der Waals surface area contributed by atoms with Crippen molar-refractivity contribution >= 4 is 48.1 Å². The number of thiol groups is 1. The number of nitrogens with two attached hydrogens (primary N) is 1. The molecule has 13 heteroatoms. The van der Waals surface area contributed by atoms with Crippen molar-refractivity contribution in [3.8, 4) is 0 Å². The van der Waals surface area contributed by atoms with Crippen LogP contribution in [0, 0.1) is 0 Å². The lowest BCUT2D eigenvalue weighted by atomic mass is 10.1. The molecule has 11 nitrogen and oxygen atoms in total. The highest BCUT2D eigenvalue weighted by atomic mass is 32.2. The highest BCUT2D eigenvalue weighted by molar-refractivity contribution is 7.98. The number of carboxylic acid groups (broad SMARTS) is 1. The Hall–Kier alpha value is -2.25. The standard InChI is InChI=1S/C16H26N6O5S2/c1-29-3-2-10(17)14(25)22-12(7-28)16(27)21-11(4-9-5-18-8-20-9)15(26)19-6-13(23)24/h5,8,10-12,28H,2-4,6-7,17H2,1H3,(H,18,20)(H,19,26)(H,21,27)(H,22,25)(H,23,24). The van der Waals surface area contributed by atoms with Crippen LogP contribution in [0.15, 0.2) is 12.5 Å². The van der Waals surface area contributed by atoms with E-state index >= 15 is 0 Å². The number of carbonyl (C=O) groups excluding carboxylic acids is 3. The topological polar surface area (TPSA) is 179 Å². The van der Waals surface area contributed by atoms with Crippen LogP contribution in [-0.2, 0) is 25.6 Å². The molecular formula is C16H26N6O5S2. The Labute approximate surface area is 177 Å². The van der Waals surface area contributed by atoms with E-state index in [4.69, 9.17) is 10.8 Å². The van der Waals surface area contributed by atoms with Crippen LogP contribution >= 0.6 is 24.4 Å². The van der Waals surface area contributed by atoms with E-state index in [1.165, 1.54) is 12.5 Å². The number of aromatic nitrogens is 2. The first-order valence-electron chi connectivity index (χ1n) is 8.71. The fourth-order valence-corrected chi connectivity index (χ4v) is 2.98. The maximum Gasteiger partial charge on any atom is 0.322 e. The van der Waals surface area contributed by atoms with Crippen LogP contribution in [0.1, 0.15) is 12.1 Å². The molecule has 162 valence electrons. The molecule has 7 N–H and O–H groups in total.